The molecule has 0 saturated heterocycles. The van der Waals surface area contributed by atoms with Gasteiger partial charge in [-0.25, -0.2) is 4.79 Å². The van der Waals surface area contributed by atoms with E-state index in [0.717, 1.165) is 5.75 Å². The fraction of sp³-hybridized carbons (Fsp3) is 0.125. The summed E-state index contributed by atoms with van der Waals surface area (Å²) in [6.07, 6.45) is 0. The van der Waals surface area contributed by atoms with E-state index in [2.05, 4.69) is 11.5 Å². The van der Waals surface area contributed by atoms with Crippen LogP contribution in [0.2, 0.25) is 0 Å². The Bertz CT molecular complexity index is 220. The largest absolute Gasteiger partial charge is 0.497 e. The second-order valence-corrected chi connectivity index (χ2v) is 1.92. The number of carbonyl (C=O) groups excluding carboxylic acids is 1. The monoisotopic (exact) mass is 168 g/mol. The van der Waals surface area contributed by atoms with Gasteiger partial charge >= 0.3 is 6.03 Å². The quantitative estimate of drug-likeness (QED) is 0.648. The van der Waals surface area contributed by atoms with Crippen molar-refractivity contribution in [3.63, 3.8) is 0 Å². The summed E-state index contributed by atoms with van der Waals surface area (Å²) >= 11 is 0. The molecular formula is C8H12N2O2. The average molecular weight is 168 g/mol. The third-order valence-corrected chi connectivity index (χ3v) is 0.979. The molecule has 66 valence electrons. The highest BCUT2D eigenvalue weighted by atomic mass is 16.5. The number of ether oxygens (including phenoxy) is 1. The number of amides is 2. The van der Waals surface area contributed by atoms with E-state index in [9.17, 15) is 0 Å². The third kappa shape index (κ3) is 6.41. The average Bonchev–Trinajstić information content (AvgIpc) is 2.05. The summed E-state index contributed by atoms with van der Waals surface area (Å²) in [5.74, 6) is 0.910. The maximum atomic E-state index is 9.00. The Morgan fingerprint density at radius 1 is 1.25 bits per heavy atom. The summed E-state index contributed by atoms with van der Waals surface area (Å²) in [6.45, 7) is 0. The topological polar surface area (TPSA) is 78.3 Å². The molecule has 1 aromatic carbocycles. The van der Waals surface area contributed by atoms with E-state index in [4.69, 9.17) is 9.53 Å². The number of nitrogens with two attached hydrogens (primary N) is 2. The number of primary amides is 2. The summed E-state index contributed by atoms with van der Waals surface area (Å²) < 4.78 is 4.91. The van der Waals surface area contributed by atoms with E-state index >= 15 is 0 Å². The lowest BCUT2D eigenvalue weighted by Crippen LogP contribution is -2.18. The number of carbonyl (C=O) groups is 1. The van der Waals surface area contributed by atoms with E-state index in [1.54, 1.807) is 7.11 Å². The number of hydrogen-bond acceptors (Lipinski definition) is 2. The van der Waals surface area contributed by atoms with Gasteiger partial charge in [-0.3, -0.25) is 0 Å². The van der Waals surface area contributed by atoms with Crippen molar-refractivity contribution in [2.24, 2.45) is 11.5 Å². The highest BCUT2D eigenvalue weighted by Crippen LogP contribution is 2.05. The van der Waals surface area contributed by atoms with Crippen molar-refractivity contribution >= 4 is 6.03 Å². The first-order valence-electron chi connectivity index (χ1n) is 3.30. The molecule has 0 atom stereocenters. The zero-order valence-corrected chi connectivity index (χ0v) is 6.86. The van der Waals surface area contributed by atoms with Crippen molar-refractivity contribution in [2.75, 3.05) is 7.11 Å². The maximum Gasteiger partial charge on any atom is 0.309 e. The van der Waals surface area contributed by atoms with Gasteiger partial charge in [0, 0.05) is 0 Å². The van der Waals surface area contributed by atoms with E-state index in [1.165, 1.54) is 0 Å². The van der Waals surface area contributed by atoms with Crippen LogP contribution in [0.3, 0.4) is 0 Å². The first-order chi connectivity index (χ1) is 5.66. The molecule has 4 heteroatoms. The van der Waals surface area contributed by atoms with Gasteiger partial charge in [0.25, 0.3) is 0 Å². The van der Waals surface area contributed by atoms with Crippen molar-refractivity contribution in [3.05, 3.63) is 30.3 Å². The van der Waals surface area contributed by atoms with Gasteiger partial charge in [-0.2, -0.15) is 0 Å². The molecule has 0 aromatic heterocycles. The van der Waals surface area contributed by atoms with Crippen molar-refractivity contribution in [1.82, 2.24) is 0 Å². The molecule has 0 aliphatic carbocycles. The van der Waals surface area contributed by atoms with Gasteiger partial charge in [0.2, 0.25) is 0 Å². The number of hydrogen-bond donors (Lipinski definition) is 2. The predicted molar refractivity (Wildman–Crippen MR) is 46.8 cm³/mol. The summed E-state index contributed by atoms with van der Waals surface area (Å²) in [6, 6.07) is 8.85. The van der Waals surface area contributed by atoms with E-state index in [-0.39, 0.29) is 0 Å². The van der Waals surface area contributed by atoms with Gasteiger partial charge in [0.1, 0.15) is 5.75 Å². The normalized spacial score (nSPS) is 7.75. The summed E-state index contributed by atoms with van der Waals surface area (Å²) in [5.41, 5.74) is 8.50. The Balaban J connectivity index is 0.000000261. The van der Waals surface area contributed by atoms with Crippen molar-refractivity contribution in [1.29, 1.82) is 0 Å². The minimum atomic E-state index is -0.833. The van der Waals surface area contributed by atoms with Crippen LogP contribution < -0.4 is 16.2 Å². The predicted octanol–water partition coefficient (Wildman–Crippen LogP) is 0.719. The van der Waals surface area contributed by atoms with Gasteiger partial charge in [-0.1, -0.05) is 18.2 Å². The van der Waals surface area contributed by atoms with E-state index in [0.29, 0.717) is 0 Å². The molecule has 2 amide bonds. The molecule has 0 radical (unpaired) electrons. The first kappa shape index (κ1) is 10.3. The lowest BCUT2D eigenvalue weighted by molar-refractivity contribution is 0.256. The second kappa shape index (κ2) is 6.03. The summed E-state index contributed by atoms with van der Waals surface area (Å²) in [4.78, 5) is 9.00. The number of methoxy groups -OCH3 is 1. The van der Waals surface area contributed by atoms with Crippen LogP contribution in [0, 0.1) is 0 Å². The van der Waals surface area contributed by atoms with Gasteiger partial charge in [-0.15, -0.1) is 0 Å². The Labute approximate surface area is 71.1 Å². The SMILES string of the molecule is COc1ccccc1.NC(N)=O. The molecule has 0 bridgehead atoms. The molecule has 0 heterocycles. The van der Waals surface area contributed by atoms with Gasteiger partial charge in [-0.05, 0) is 12.1 Å². The standard InChI is InChI=1S/C7H8O.CH4N2O/c1-8-7-5-3-2-4-6-7;2-1(3)4/h2-6H,1H3;(H4,2,3,4). The molecule has 1 aromatic rings. The maximum absolute atomic E-state index is 9.00. The molecule has 0 fully saturated rings. The van der Waals surface area contributed by atoms with Crippen LogP contribution in [-0.4, -0.2) is 13.1 Å². The number of para-hydroxylation sites is 1. The third-order valence-electron chi connectivity index (χ3n) is 0.979. The van der Waals surface area contributed by atoms with Crippen LogP contribution in [0.5, 0.6) is 5.75 Å². The number of rotatable bonds is 1. The van der Waals surface area contributed by atoms with Crippen LogP contribution >= 0.6 is 0 Å². The summed E-state index contributed by atoms with van der Waals surface area (Å²) in [5, 5.41) is 0. The van der Waals surface area contributed by atoms with E-state index in [1.807, 2.05) is 30.3 Å². The minimum absolute atomic E-state index is 0.833. The van der Waals surface area contributed by atoms with Gasteiger partial charge in [0.15, 0.2) is 0 Å². The Kier molecular flexibility index (Phi) is 5.17. The second-order valence-electron chi connectivity index (χ2n) is 1.92. The summed E-state index contributed by atoms with van der Waals surface area (Å²) in [7, 11) is 1.66. The molecule has 0 spiro atoms. The van der Waals surface area contributed by atoms with Crippen LogP contribution in [0.25, 0.3) is 0 Å². The molecule has 4 N–H and O–H groups in total. The van der Waals surface area contributed by atoms with Gasteiger partial charge < -0.3 is 16.2 Å². The van der Waals surface area contributed by atoms with Crippen molar-refractivity contribution < 1.29 is 9.53 Å². The van der Waals surface area contributed by atoms with Crippen LogP contribution in [0.15, 0.2) is 30.3 Å². The zero-order chi connectivity index (χ0) is 9.40. The minimum Gasteiger partial charge on any atom is -0.497 e. The molecule has 0 saturated carbocycles. The fourth-order valence-electron chi connectivity index (χ4n) is 0.557. The Morgan fingerprint density at radius 3 is 1.92 bits per heavy atom. The van der Waals surface area contributed by atoms with Crippen molar-refractivity contribution in [2.45, 2.75) is 0 Å². The molecule has 4 nitrogen and oxygen atoms in total. The molecule has 0 aliphatic heterocycles. The van der Waals surface area contributed by atoms with Crippen LogP contribution in [0.4, 0.5) is 4.79 Å². The number of urea groups is 1. The molecule has 12 heavy (non-hydrogen) atoms. The van der Waals surface area contributed by atoms with Crippen LogP contribution in [0.1, 0.15) is 0 Å². The highest BCUT2D eigenvalue weighted by molar-refractivity contribution is 5.69. The Hall–Kier alpha value is -1.71. The van der Waals surface area contributed by atoms with Crippen molar-refractivity contribution in [3.8, 4) is 5.75 Å². The molecule has 0 aliphatic rings. The molecule has 0 unspecified atom stereocenters. The lowest BCUT2D eigenvalue weighted by atomic mass is 10.3. The number of benzene rings is 1. The Morgan fingerprint density at radius 2 is 1.67 bits per heavy atom. The smallest absolute Gasteiger partial charge is 0.309 e. The molecular weight excluding hydrogens is 156 g/mol. The fourth-order valence-corrected chi connectivity index (χ4v) is 0.557. The van der Waals surface area contributed by atoms with Gasteiger partial charge in [0.05, 0.1) is 7.11 Å². The molecule has 1 rings (SSSR count). The first-order valence-corrected chi connectivity index (χ1v) is 3.30. The van der Waals surface area contributed by atoms with Crippen LogP contribution in [-0.2, 0) is 0 Å². The van der Waals surface area contributed by atoms with E-state index < -0.39 is 6.03 Å². The lowest BCUT2D eigenvalue weighted by Gasteiger charge is -1.93. The highest BCUT2D eigenvalue weighted by Gasteiger charge is 1.80. The zero-order valence-electron chi connectivity index (χ0n) is 6.86.